The predicted molar refractivity (Wildman–Crippen MR) is 102 cm³/mol. The van der Waals surface area contributed by atoms with E-state index in [9.17, 15) is 13.2 Å². The lowest BCUT2D eigenvalue weighted by Gasteiger charge is -2.33. The van der Waals surface area contributed by atoms with Crippen molar-refractivity contribution in [1.82, 2.24) is 9.62 Å². The number of piperidine rings is 1. The zero-order chi connectivity index (χ0) is 17.8. The molecule has 3 N–H and O–H groups in total. The van der Waals surface area contributed by atoms with Crippen molar-refractivity contribution in [3.63, 3.8) is 0 Å². The third-order valence-electron chi connectivity index (χ3n) is 4.31. The molecule has 1 atom stereocenters. The van der Waals surface area contributed by atoms with Crippen LogP contribution in [0.15, 0.2) is 30.3 Å². The molecule has 1 aliphatic heterocycles. The fourth-order valence-electron chi connectivity index (χ4n) is 2.77. The van der Waals surface area contributed by atoms with Gasteiger partial charge in [0.25, 0.3) is 0 Å². The first kappa shape index (κ1) is 21.9. The minimum atomic E-state index is -3.42. The monoisotopic (exact) mass is 389 g/mol. The maximum absolute atomic E-state index is 12.6. The summed E-state index contributed by atoms with van der Waals surface area (Å²) in [5.41, 5.74) is 5.92. The molecule has 142 valence electrons. The Kier molecular flexibility index (Phi) is 7.87. The van der Waals surface area contributed by atoms with Gasteiger partial charge in [-0.3, -0.25) is 4.79 Å². The fourth-order valence-corrected chi connectivity index (χ4v) is 4.38. The van der Waals surface area contributed by atoms with Gasteiger partial charge >= 0.3 is 0 Å². The lowest BCUT2D eigenvalue weighted by Crippen LogP contribution is -2.53. The van der Waals surface area contributed by atoms with Crippen molar-refractivity contribution >= 4 is 28.3 Å². The molecule has 0 aliphatic carbocycles. The van der Waals surface area contributed by atoms with E-state index in [1.54, 1.807) is 12.1 Å². The van der Waals surface area contributed by atoms with Crippen LogP contribution >= 0.6 is 12.4 Å². The SMILES string of the molecule is CC(C)(CN)NC(=O)C1CCCN(S(=O)(=O)Cc2ccccc2)C1.Cl. The highest BCUT2D eigenvalue weighted by molar-refractivity contribution is 7.88. The third kappa shape index (κ3) is 6.26. The number of hydrogen-bond donors (Lipinski definition) is 2. The molecule has 1 aromatic carbocycles. The Morgan fingerprint density at radius 2 is 1.96 bits per heavy atom. The van der Waals surface area contributed by atoms with E-state index in [1.807, 2.05) is 32.0 Å². The first-order chi connectivity index (χ1) is 11.2. The summed E-state index contributed by atoms with van der Waals surface area (Å²) in [5.74, 6) is -0.476. The van der Waals surface area contributed by atoms with Crippen molar-refractivity contribution in [3.05, 3.63) is 35.9 Å². The summed E-state index contributed by atoms with van der Waals surface area (Å²) in [5, 5.41) is 2.91. The second-order valence-corrected chi connectivity index (χ2v) is 8.99. The average molecular weight is 390 g/mol. The summed E-state index contributed by atoms with van der Waals surface area (Å²) in [6.07, 6.45) is 1.39. The highest BCUT2D eigenvalue weighted by Gasteiger charge is 2.33. The molecule has 1 aromatic rings. The summed E-state index contributed by atoms with van der Waals surface area (Å²) < 4.78 is 26.7. The first-order valence-electron chi connectivity index (χ1n) is 8.27. The van der Waals surface area contributed by atoms with E-state index in [1.165, 1.54) is 4.31 Å². The van der Waals surface area contributed by atoms with Crippen molar-refractivity contribution in [2.75, 3.05) is 19.6 Å². The highest BCUT2D eigenvalue weighted by Crippen LogP contribution is 2.22. The molecule has 1 unspecified atom stereocenters. The van der Waals surface area contributed by atoms with Crippen LogP contribution in [0.1, 0.15) is 32.3 Å². The van der Waals surface area contributed by atoms with Gasteiger partial charge in [-0.2, -0.15) is 0 Å². The molecule has 25 heavy (non-hydrogen) atoms. The van der Waals surface area contributed by atoms with Gasteiger partial charge in [0.2, 0.25) is 15.9 Å². The lowest BCUT2D eigenvalue weighted by atomic mass is 9.96. The maximum Gasteiger partial charge on any atom is 0.224 e. The van der Waals surface area contributed by atoms with Crippen LogP contribution in [-0.2, 0) is 20.6 Å². The number of nitrogens with two attached hydrogens (primary N) is 1. The van der Waals surface area contributed by atoms with Gasteiger partial charge in [0.1, 0.15) is 0 Å². The van der Waals surface area contributed by atoms with Crippen LogP contribution in [0.5, 0.6) is 0 Å². The Labute approximate surface area is 156 Å². The van der Waals surface area contributed by atoms with Crippen LogP contribution in [0, 0.1) is 5.92 Å². The molecule has 2 rings (SSSR count). The zero-order valence-corrected chi connectivity index (χ0v) is 16.4. The van der Waals surface area contributed by atoms with Crippen molar-refractivity contribution in [1.29, 1.82) is 0 Å². The van der Waals surface area contributed by atoms with E-state index in [4.69, 9.17) is 5.73 Å². The van der Waals surface area contributed by atoms with Gasteiger partial charge in [-0.15, -0.1) is 12.4 Å². The van der Waals surface area contributed by atoms with Gasteiger partial charge < -0.3 is 11.1 Å². The van der Waals surface area contributed by atoms with Crippen LogP contribution in [-0.4, -0.2) is 43.8 Å². The summed E-state index contributed by atoms with van der Waals surface area (Å²) in [6.45, 7) is 4.76. The van der Waals surface area contributed by atoms with Gasteiger partial charge in [-0.25, -0.2) is 12.7 Å². The van der Waals surface area contributed by atoms with Gasteiger partial charge in [-0.1, -0.05) is 30.3 Å². The predicted octanol–water partition coefficient (Wildman–Crippen LogP) is 1.50. The summed E-state index contributed by atoms with van der Waals surface area (Å²) in [6, 6.07) is 9.11. The number of hydrogen-bond acceptors (Lipinski definition) is 4. The molecule has 0 spiro atoms. The normalized spacial score (nSPS) is 19.1. The Morgan fingerprint density at radius 1 is 1.32 bits per heavy atom. The van der Waals surface area contributed by atoms with Crippen molar-refractivity contribution in [2.45, 2.75) is 38.0 Å². The molecule has 1 aliphatic rings. The zero-order valence-electron chi connectivity index (χ0n) is 14.8. The van der Waals surface area contributed by atoms with Crippen LogP contribution in [0.25, 0.3) is 0 Å². The molecule has 1 amide bonds. The van der Waals surface area contributed by atoms with Crippen LogP contribution in [0.4, 0.5) is 0 Å². The molecule has 1 saturated heterocycles. The standard InChI is InChI=1S/C17H27N3O3S.ClH/c1-17(2,13-18)19-16(21)15-9-6-10-20(11-15)24(22,23)12-14-7-4-3-5-8-14;/h3-5,7-8,15H,6,9-13,18H2,1-2H3,(H,19,21);1H. The van der Waals surface area contributed by atoms with Gasteiger partial charge in [0, 0.05) is 25.2 Å². The van der Waals surface area contributed by atoms with Crippen LogP contribution in [0.2, 0.25) is 0 Å². The minimum absolute atomic E-state index is 0. The third-order valence-corrected chi connectivity index (χ3v) is 6.13. The highest BCUT2D eigenvalue weighted by atomic mass is 35.5. The summed E-state index contributed by atoms with van der Waals surface area (Å²) >= 11 is 0. The smallest absolute Gasteiger partial charge is 0.224 e. The van der Waals surface area contributed by atoms with Crippen LogP contribution in [0.3, 0.4) is 0 Å². The number of nitrogens with zero attached hydrogens (tertiary/aromatic N) is 1. The van der Waals surface area contributed by atoms with Crippen molar-refractivity contribution < 1.29 is 13.2 Å². The van der Waals surface area contributed by atoms with Crippen molar-refractivity contribution in [3.8, 4) is 0 Å². The van der Waals surface area contributed by atoms with Gasteiger partial charge in [0.05, 0.1) is 11.7 Å². The number of sulfonamides is 1. The Morgan fingerprint density at radius 3 is 2.56 bits per heavy atom. The molecular weight excluding hydrogens is 362 g/mol. The number of nitrogens with one attached hydrogen (secondary N) is 1. The van der Waals surface area contributed by atoms with E-state index >= 15 is 0 Å². The van der Waals surface area contributed by atoms with E-state index in [0.717, 1.165) is 5.56 Å². The fraction of sp³-hybridized carbons (Fsp3) is 0.588. The molecule has 0 bridgehead atoms. The molecule has 8 heteroatoms. The number of rotatable bonds is 6. The minimum Gasteiger partial charge on any atom is -0.350 e. The van der Waals surface area contributed by atoms with Gasteiger partial charge in [0.15, 0.2) is 0 Å². The van der Waals surface area contributed by atoms with Crippen molar-refractivity contribution in [2.24, 2.45) is 11.7 Å². The number of halogens is 1. The quantitative estimate of drug-likeness (QED) is 0.771. The maximum atomic E-state index is 12.6. The number of amides is 1. The lowest BCUT2D eigenvalue weighted by molar-refractivity contribution is -0.127. The molecule has 0 saturated carbocycles. The molecular formula is C17H28ClN3O3S. The average Bonchev–Trinajstić information content (AvgIpc) is 2.55. The molecule has 1 heterocycles. The number of carbonyl (C=O) groups excluding carboxylic acids is 1. The second-order valence-electron chi connectivity index (χ2n) is 7.02. The molecule has 0 aromatic heterocycles. The molecule has 0 radical (unpaired) electrons. The van der Waals surface area contributed by atoms with Crippen LogP contribution < -0.4 is 11.1 Å². The van der Waals surface area contributed by atoms with Gasteiger partial charge in [-0.05, 0) is 32.3 Å². The second kappa shape index (κ2) is 8.98. The topological polar surface area (TPSA) is 92.5 Å². The van der Waals surface area contributed by atoms with E-state index in [2.05, 4.69) is 5.32 Å². The molecule has 6 nitrogen and oxygen atoms in total. The Balaban J connectivity index is 0.00000312. The Hall–Kier alpha value is -1.15. The number of carbonyl (C=O) groups is 1. The summed E-state index contributed by atoms with van der Waals surface area (Å²) in [4.78, 5) is 12.4. The summed E-state index contributed by atoms with van der Waals surface area (Å²) in [7, 11) is -3.42. The molecule has 1 fully saturated rings. The largest absolute Gasteiger partial charge is 0.350 e. The van der Waals surface area contributed by atoms with E-state index < -0.39 is 15.6 Å². The Bertz CT molecular complexity index is 665. The number of benzene rings is 1. The first-order valence-corrected chi connectivity index (χ1v) is 9.88. The van der Waals surface area contributed by atoms with E-state index in [0.29, 0.717) is 25.9 Å². The van der Waals surface area contributed by atoms with E-state index in [-0.39, 0.29) is 36.5 Å².